The molecule has 7 heteroatoms. The number of piperidine rings is 1. The van der Waals surface area contributed by atoms with Crippen molar-refractivity contribution in [2.45, 2.75) is 39.3 Å². The van der Waals surface area contributed by atoms with Gasteiger partial charge in [0.25, 0.3) is 5.91 Å². The van der Waals surface area contributed by atoms with Crippen LogP contribution in [0.25, 0.3) is 0 Å². The molecule has 1 aliphatic heterocycles. The van der Waals surface area contributed by atoms with E-state index in [4.69, 9.17) is 4.42 Å². The Labute approximate surface area is 164 Å². The molecular formula is C21H25N5O2. The van der Waals surface area contributed by atoms with Gasteiger partial charge in [0.15, 0.2) is 5.76 Å². The number of nitrogens with one attached hydrogen (secondary N) is 1. The van der Waals surface area contributed by atoms with Crippen LogP contribution >= 0.6 is 0 Å². The van der Waals surface area contributed by atoms with Crippen molar-refractivity contribution in [1.29, 1.82) is 0 Å². The van der Waals surface area contributed by atoms with E-state index in [1.807, 2.05) is 18.2 Å². The second-order valence-corrected chi connectivity index (χ2v) is 7.31. The predicted molar refractivity (Wildman–Crippen MR) is 106 cm³/mol. The molecule has 7 nitrogen and oxygen atoms in total. The van der Waals surface area contributed by atoms with Gasteiger partial charge in [0, 0.05) is 0 Å². The Morgan fingerprint density at radius 3 is 2.82 bits per heavy atom. The summed E-state index contributed by atoms with van der Waals surface area (Å²) in [5, 5.41) is 7.03. The first kappa shape index (κ1) is 18.4. The van der Waals surface area contributed by atoms with Gasteiger partial charge in [0.1, 0.15) is 12.1 Å². The molecule has 0 atom stereocenters. The molecule has 2 aromatic heterocycles. The smallest absolute Gasteiger partial charge is 0.293 e. The van der Waals surface area contributed by atoms with Gasteiger partial charge in [-0.15, -0.1) is 5.10 Å². The number of benzene rings is 1. The molecule has 28 heavy (non-hydrogen) atoms. The summed E-state index contributed by atoms with van der Waals surface area (Å²) >= 11 is 0. The van der Waals surface area contributed by atoms with Gasteiger partial charge in [-0.25, -0.2) is 9.67 Å². The number of amides is 1. The average Bonchev–Trinajstić information content (AvgIpc) is 3.32. The predicted octanol–water partition coefficient (Wildman–Crippen LogP) is 3.47. The number of nitrogens with zero attached hydrogens (tertiary/aromatic N) is 4. The number of anilines is 1. The van der Waals surface area contributed by atoms with Gasteiger partial charge in [-0.05, 0) is 50.6 Å². The Morgan fingerprint density at radius 1 is 1.14 bits per heavy atom. The summed E-state index contributed by atoms with van der Waals surface area (Å²) in [6, 6.07) is 11.8. The van der Waals surface area contributed by atoms with Crippen LogP contribution in [-0.2, 0) is 13.1 Å². The van der Waals surface area contributed by atoms with E-state index in [0.717, 1.165) is 31.0 Å². The molecule has 3 heterocycles. The number of likely N-dealkylation sites (tertiary alicyclic amines) is 1. The Balaban J connectivity index is 1.34. The highest BCUT2D eigenvalue weighted by Gasteiger charge is 2.16. The van der Waals surface area contributed by atoms with Crippen molar-refractivity contribution in [1.82, 2.24) is 19.7 Å². The fraction of sp³-hybridized carbons (Fsp3) is 0.381. The van der Waals surface area contributed by atoms with Crippen molar-refractivity contribution in [3.63, 3.8) is 0 Å². The molecule has 0 spiro atoms. The van der Waals surface area contributed by atoms with Crippen molar-refractivity contribution in [3.05, 3.63) is 65.4 Å². The average molecular weight is 379 g/mol. The molecule has 0 unspecified atom stereocenters. The zero-order valence-electron chi connectivity index (χ0n) is 16.1. The zero-order valence-corrected chi connectivity index (χ0v) is 16.1. The molecule has 1 amide bonds. The summed E-state index contributed by atoms with van der Waals surface area (Å²) in [5.74, 6) is 1.02. The molecule has 0 radical (unpaired) electrons. The summed E-state index contributed by atoms with van der Waals surface area (Å²) < 4.78 is 7.42. The van der Waals surface area contributed by atoms with Crippen LogP contribution in [-0.4, -0.2) is 38.7 Å². The fourth-order valence-electron chi connectivity index (χ4n) is 3.51. The standard InChI is InChI=1S/C21H25N5O2/c1-16-6-5-7-17(12-16)13-26-15-22-21(24-26)23-20(27)19-9-8-18(28-19)14-25-10-3-2-4-11-25/h5-9,12,15H,2-4,10-11,13-14H2,1H3,(H,23,24,27). The van der Waals surface area contributed by atoms with Gasteiger partial charge in [0.05, 0.1) is 13.1 Å². The summed E-state index contributed by atoms with van der Waals surface area (Å²) in [5.41, 5.74) is 2.33. The highest BCUT2D eigenvalue weighted by atomic mass is 16.4. The highest BCUT2D eigenvalue weighted by molar-refractivity contribution is 6.01. The number of carbonyl (C=O) groups is 1. The Hall–Kier alpha value is -2.93. The number of aryl methyl sites for hydroxylation is 1. The van der Waals surface area contributed by atoms with Crippen LogP contribution in [0.2, 0.25) is 0 Å². The number of carbonyl (C=O) groups excluding carboxylic acids is 1. The van der Waals surface area contributed by atoms with E-state index in [-0.39, 0.29) is 17.6 Å². The van der Waals surface area contributed by atoms with E-state index in [9.17, 15) is 4.79 Å². The lowest BCUT2D eigenvalue weighted by atomic mass is 10.1. The summed E-state index contributed by atoms with van der Waals surface area (Å²) in [6.45, 7) is 5.58. The van der Waals surface area contributed by atoms with Gasteiger partial charge in [-0.2, -0.15) is 0 Å². The number of aromatic nitrogens is 3. The zero-order chi connectivity index (χ0) is 19.3. The highest BCUT2D eigenvalue weighted by Crippen LogP contribution is 2.16. The molecule has 1 N–H and O–H groups in total. The summed E-state index contributed by atoms with van der Waals surface area (Å²) in [4.78, 5) is 19.0. The maximum absolute atomic E-state index is 12.4. The summed E-state index contributed by atoms with van der Waals surface area (Å²) in [7, 11) is 0. The van der Waals surface area contributed by atoms with Gasteiger partial charge in [-0.3, -0.25) is 15.0 Å². The lowest BCUT2D eigenvalue weighted by Crippen LogP contribution is -2.28. The van der Waals surface area contributed by atoms with Gasteiger partial charge < -0.3 is 4.42 Å². The molecule has 0 bridgehead atoms. The molecule has 4 rings (SSSR count). The van der Waals surface area contributed by atoms with Crippen LogP contribution < -0.4 is 5.32 Å². The third kappa shape index (κ3) is 4.67. The quantitative estimate of drug-likeness (QED) is 0.710. The van der Waals surface area contributed by atoms with E-state index >= 15 is 0 Å². The molecule has 0 saturated carbocycles. The van der Waals surface area contributed by atoms with E-state index in [1.165, 1.54) is 24.8 Å². The van der Waals surface area contributed by atoms with Crippen molar-refractivity contribution in [2.24, 2.45) is 0 Å². The molecule has 0 aliphatic carbocycles. The SMILES string of the molecule is Cc1cccc(Cn2cnc(NC(=O)c3ccc(CN4CCCCC4)o3)n2)c1. The van der Waals surface area contributed by atoms with Gasteiger partial charge >= 0.3 is 0 Å². The normalized spacial score (nSPS) is 14.9. The van der Waals surface area contributed by atoms with E-state index < -0.39 is 0 Å². The van der Waals surface area contributed by atoms with Crippen LogP contribution in [0.4, 0.5) is 5.95 Å². The lowest BCUT2D eigenvalue weighted by Gasteiger charge is -2.25. The molecule has 1 saturated heterocycles. The van der Waals surface area contributed by atoms with Crippen LogP contribution in [0.15, 0.2) is 47.1 Å². The van der Waals surface area contributed by atoms with Gasteiger partial charge in [0.2, 0.25) is 5.95 Å². The number of hydrogen-bond acceptors (Lipinski definition) is 5. The minimum atomic E-state index is -0.335. The van der Waals surface area contributed by atoms with Crippen LogP contribution in [0.5, 0.6) is 0 Å². The largest absolute Gasteiger partial charge is 0.455 e. The lowest BCUT2D eigenvalue weighted by molar-refractivity contribution is 0.0991. The van der Waals surface area contributed by atoms with Crippen molar-refractivity contribution >= 4 is 11.9 Å². The Morgan fingerprint density at radius 2 is 2.00 bits per heavy atom. The second-order valence-electron chi connectivity index (χ2n) is 7.31. The first-order valence-electron chi connectivity index (χ1n) is 9.73. The maximum Gasteiger partial charge on any atom is 0.293 e. The first-order valence-corrected chi connectivity index (χ1v) is 9.73. The monoisotopic (exact) mass is 379 g/mol. The molecule has 146 valence electrons. The fourth-order valence-corrected chi connectivity index (χ4v) is 3.51. The van der Waals surface area contributed by atoms with E-state index in [1.54, 1.807) is 17.1 Å². The molecule has 1 aromatic carbocycles. The molecule has 1 aliphatic rings. The minimum Gasteiger partial charge on any atom is -0.455 e. The molecule has 1 fully saturated rings. The first-order chi connectivity index (χ1) is 13.7. The second kappa shape index (κ2) is 8.39. The van der Waals surface area contributed by atoms with Crippen molar-refractivity contribution in [2.75, 3.05) is 18.4 Å². The number of rotatable bonds is 6. The van der Waals surface area contributed by atoms with Crippen molar-refractivity contribution in [3.8, 4) is 0 Å². The topological polar surface area (TPSA) is 76.2 Å². The van der Waals surface area contributed by atoms with E-state index in [2.05, 4.69) is 39.4 Å². The van der Waals surface area contributed by atoms with Crippen molar-refractivity contribution < 1.29 is 9.21 Å². The number of furan rings is 1. The third-order valence-electron chi connectivity index (χ3n) is 4.90. The van der Waals surface area contributed by atoms with E-state index in [0.29, 0.717) is 6.54 Å². The third-order valence-corrected chi connectivity index (χ3v) is 4.90. The maximum atomic E-state index is 12.4. The van der Waals surface area contributed by atoms with Crippen LogP contribution in [0.1, 0.15) is 46.7 Å². The van der Waals surface area contributed by atoms with Crippen LogP contribution in [0.3, 0.4) is 0 Å². The Bertz CT molecular complexity index is 940. The number of hydrogen-bond donors (Lipinski definition) is 1. The van der Waals surface area contributed by atoms with Gasteiger partial charge in [-0.1, -0.05) is 36.2 Å². The van der Waals surface area contributed by atoms with Crippen LogP contribution in [0, 0.1) is 6.92 Å². The Kier molecular flexibility index (Phi) is 5.53. The molecular weight excluding hydrogens is 354 g/mol. The minimum absolute atomic E-state index is 0.270. The molecule has 3 aromatic rings. The summed E-state index contributed by atoms with van der Waals surface area (Å²) in [6.07, 6.45) is 5.36.